The Kier molecular flexibility index (Phi) is 4.97. The monoisotopic (exact) mass is 364 g/mol. The average molecular weight is 364 g/mol. The summed E-state index contributed by atoms with van der Waals surface area (Å²) in [6.45, 7) is 4.66. The molecule has 0 unspecified atom stereocenters. The van der Waals surface area contributed by atoms with Crippen LogP contribution in [-0.2, 0) is 17.8 Å². The van der Waals surface area contributed by atoms with Gasteiger partial charge in [0.1, 0.15) is 5.82 Å². The third kappa shape index (κ3) is 3.90. The van der Waals surface area contributed by atoms with Gasteiger partial charge in [0, 0.05) is 36.7 Å². The van der Waals surface area contributed by atoms with Crippen molar-refractivity contribution < 1.29 is 9.18 Å². The minimum absolute atomic E-state index is 0.214. The largest absolute Gasteiger partial charge is 0.343 e. The standard InChI is InChI=1S/C23H25FN2O/c1-17-10-12-25(13-11-17)23(27)14-19-16-26(22-5-3-2-4-21(19)22)15-18-6-8-20(24)9-7-18/h2-9,16-17H,10-15H2,1H3. The molecule has 140 valence electrons. The molecule has 1 saturated heterocycles. The number of carbonyl (C=O) groups excluding carboxylic acids is 1. The number of aromatic nitrogens is 1. The molecule has 3 aromatic rings. The Hall–Kier alpha value is -2.62. The van der Waals surface area contributed by atoms with Crippen LogP contribution in [-0.4, -0.2) is 28.5 Å². The zero-order chi connectivity index (χ0) is 18.8. The van der Waals surface area contributed by atoms with Crippen LogP contribution in [0.2, 0.25) is 0 Å². The lowest BCUT2D eigenvalue weighted by molar-refractivity contribution is -0.131. The number of halogens is 1. The molecule has 0 saturated carbocycles. The lowest BCUT2D eigenvalue weighted by Gasteiger charge is -2.30. The Bertz CT molecular complexity index is 937. The molecule has 1 amide bonds. The van der Waals surface area contributed by atoms with Gasteiger partial charge in [0.05, 0.1) is 6.42 Å². The molecule has 0 radical (unpaired) electrons. The highest BCUT2D eigenvalue weighted by Gasteiger charge is 2.21. The first-order valence-electron chi connectivity index (χ1n) is 9.69. The molecule has 1 aliphatic rings. The molecule has 3 nitrogen and oxygen atoms in total. The van der Waals surface area contributed by atoms with Crippen LogP contribution >= 0.6 is 0 Å². The van der Waals surface area contributed by atoms with Crippen molar-refractivity contribution in [2.75, 3.05) is 13.1 Å². The molecule has 2 aromatic carbocycles. The Morgan fingerprint density at radius 2 is 1.78 bits per heavy atom. The first kappa shape index (κ1) is 17.8. The lowest BCUT2D eigenvalue weighted by Crippen LogP contribution is -2.38. The summed E-state index contributed by atoms with van der Waals surface area (Å²) in [5.41, 5.74) is 3.22. The van der Waals surface area contributed by atoms with Crippen LogP contribution in [0.15, 0.2) is 54.7 Å². The first-order valence-corrected chi connectivity index (χ1v) is 9.69. The first-order chi connectivity index (χ1) is 13.1. The number of amides is 1. The molecule has 0 N–H and O–H groups in total. The van der Waals surface area contributed by atoms with Gasteiger partial charge in [0.15, 0.2) is 0 Å². The van der Waals surface area contributed by atoms with Gasteiger partial charge in [0.2, 0.25) is 5.91 Å². The van der Waals surface area contributed by atoms with Crippen molar-refractivity contribution in [1.29, 1.82) is 0 Å². The third-order valence-electron chi connectivity index (χ3n) is 5.62. The molecule has 27 heavy (non-hydrogen) atoms. The number of piperidine rings is 1. The van der Waals surface area contributed by atoms with Gasteiger partial charge in [-0.1, -0.05) is 37.3 Å². The van der Waals surface area contributed by atoms with Crippen molar-refractivity contribution >= 4 is 16.8 Å². The average Bonchev–Trinajstić information content (AvgIpc) is 3.02. The Labute approximate surface area is 159 Å². The maximum Gasteiger partial charge on any atom is 0.227 e. The second-order valence-electron chi connectivity index (χ2n) is 7.67. The van der Waals surface area contributed by atoms with Crippen molar-refractivity contribution in [3.8, 4) is 0 Å². The molecule has 0 aliphatic carbocycles. The van der Waals surface area contributed by atoms with Crippen LogP contribution in [0.4, 0.5) is 4.39 Å². The van der Waals surface area contributed by atoms with Gasteiger partial charge in [-0.3, -0.25) is 4.79 Å². The molecular formula is C23H25FN2O. The van der Waals surface area contributed by atoms with E-state index in [-0.39, 0.29) is 11.7 Å². The third-order valence-corrected chi connectivity index (χ3v) is 5.62. The van der Waals surface area contributed by atoms with Gasteiger partial charge < -0.3 is 9.47 Å². The number of rotatable bonds is 4. The summed E-state index contributed by atoms with van der Waals surface area (Å²) in [7, 11) is 0. The Morgan fingerprint density at radius 3 is 2.52 bits per heavy atom. The molecule has 2 heterocycles. The van der Waals surface area contributed by atoms with E-state index < -0.39 is 0 Å². The van der Waals surface area contributed by atoms with Crippen LogP contribution < -0.4 is 0 Å². The quantitative estimate of drug-likeness (QED) is 0.663. The molecule has 1 fully saturated rings. The molecule has 4 rings (SSSR count). The van der Waals surface area contributed by atoms with Gasteiger partial charge in [-0.15, -0.1) is 0 Å². The fourth-order valence-electron chi connectivity index (χ4n) is 3.91. The molecule has 0 bridgehead atoms. The number of likely N-dealkylation sites (tertiary alicyclic amines) is 1. The summed E-state index contributed by atoms with van der Waals surface area (Å²) in [5.74, 6) is 0.705. The van der Waals surface area contributed by atoms with E-state index in [2.05, 4.69) is 29.8 Å². The maximum atomic E-state index is 13.2. The second kappa shape index (κ2) is 7.55. The van der Waals surface area contributed by atoms with Gasteiger partial charge in [0.25, 0.3) is 0 Å². The van der Waals surface area contributed by atoms with E-state index >= 15 is 0 Å². The molecule has 1 aromatic heterocycles. The van der Waals surface area contributed by atoms with Gasteiger partial charge in [-0.25, -0.2) is 4.39 Å². The molecule has 4 heteroatoms. The minimum Gasteiger partial charge on any atom is -0.343 e. The number of carbonyl (C=O) groups is 1. The summed E-state index contributed by atoms with van der Waals surface area (Å²) in [6.07, 6.45) is 4.71. The maximum absolute atomic E-state index is 13.2. The molecular weight excluding hydrogens is 339 g/mol. The van der Waals surface area contributed by atoms with Gasteiger partial charge in [-0.05, 0) is 48.1 Å². The number of benzene rings is 2. The van der Waals surface area contributed by atoms with Crippen LogP contribution in [0.5, 0.6) is 0 Å². The lowest BCUT2D eigenvalue weighted by atomic mass is 9.98. The van der Waals surface area contributed by atoms with Crippen molar-refractivity contribution in [3.05, 3.63) is 71.7 Å². The highest BCUT2D eigenvalue weighted by molar-refractivity contribution is 5.89. The highest BCUT2D eigenvalue weighted by atomic mass is 19.1. The number of para-hydroxylation sites is 1. The summed E-state index contributed by atoms with van der Waals surface area (Å²) < 4.78 is 15.3. The van der Waals surface area contributed by atoms with Gasteiger partial charge >= 0.3 is 0 Å². The second-order valence-corrected chi connectivity index (χ2v) is 7.67. The predicted octanol–water partition coefficient (Wildman–Crippen LogP) is 4.63. The molecule has 0 atom stereocenters. The smallest absolute Gasteiger partial charge is 0.227 e. The van der Waals surface area contributed by atoms with Crippen LogP contribution in [0.3, 0.4) is 0 Å². The number of nitrogens with zero attached hydrogens (tertiary/aromatic N) is 2. The molecule has 0 spiro atoms. The fourth-order valence-corrected chi connectivity index (χ4v) is 3.91. The Balaban J connectivity index is 1.58. The van der Waals surface area contributed by atoms with Crippen molar-refractivity contribution in [2.24, 2.45) is 5.92 Å². The Morgan fingerprint density at radius 1 is 1.07 bits per heavy atom. The summed E-state index contributed by atoms with van der Waals surface area (Å²) in [4.78, 5) is 14.8. The summed E-state index contributed by atoms with van der Waals surface area (Å²) in [6, 6.07) is 14.8. The number of hydrogen-bond acceptors (Lipinski definition) is 1. The fraction of sp³-hybridized carbons (Fsp3) is 0.348. The van der Waals surface area contributed by atoms with Crippen LogP contribution in [0.1, 0.15) is 30.9 Å². The van der Waals surface area contributed by atoms with Crippen molar-refractivity contribution in [2.45, 2.75) is 32.7 Å². The number of fused-ring (bicyclic) bond motifs is 1. The van der Waals surface area contributed by atoms with E-state index in [1.165, 1.54) is 12.1 Å². The molecule has 1 aliphatic heterocycles. The summed E-state index contributed by atoms with van der Waals surface area (Å²) in [5, 5.41) is 1.12. The van der Waals surface area contributed by atoms with E-state index in [1.807, 2.05) is 29.2 Å². The minimum atomic E-state index is -0.224. The zero-order valence-corrected chi connectivity index (χ0v) is 15.7. The normalized spacial score (nSPS) is 15.4. The van der Waals surface area contributed by atoms with Crippen molar-refractivity contribution in [3.63, 3.8) is 0 Å². The van der Waals surface area contributed by atoms with E-state index in [9.17, 15) is 9.18 Å². The SMILES string of the molecule is CC1CCN(C(=O)Cc2cn(Cc3ccc(F)cc3)c3ccccc23)CC1. The number of hydrogen-bond donors (Lipinski definition) is 0. The predicted molar refractivity (Wildman–Crippen MR) is 106 cm³/mol. The van der Waals surface area contributed by atoms with E-state index in [0.717, 1.165) is 48.0 Å². The van der Waals surface area contributed by atoms with Crippen molar-refractivity contribution in [1.82, 2.24) is 9.47 Å². The van der Waals surface area contributed by atoms with Crippen LogP contribution in [0.25, 0.3) is 10.9 Å². The van der Waals surface area contributed by atoms with Gasteiger partial charge in [-0.2, -0.15) is 0 Å². The highest BCUT2D eigenvalue weighted by Crippen LogP contribution is 2.24. The van der Waals surface area contributed by atoms with Crippen LogP contribution in [0, 0.1) is 11.7 Å². The van der Waals surface area contributed by atoms with E-state index in [0.29, 0.717) is 18.9 Å². The summed E-state index contributed by atoms with van der Waals surface area (Å²) >= 11 is 0. The van der Waals surface area contributed by atoms with E-state index in [1.54, 1.807) is 0 Å². The topological polar surface area (TPSA) is 25.2 Å². The van der Waals surface area contributed by atoms with E-state index in [4.69, 9.17) is 0 Å². The zero-order valence-electron chi connectivity index (χ0n) is 15.7.